The fraction of sp³-hybridized carbons (Fsp3) is 0.467. The van der Waals surface area contributed by atoms with E-state index in [0.717, 1.165) is 30.6 Å². The molecule has 0 bridgehead atoms. The first-order chi connectivity index (χ1) is 9.36. The summed E-state index contributed by atoms with van der Waals surface area (Å²) in [4.78, 5) is 0. The van der Waals surface area contributed by atoms with Gasteiger partial charge in [0.1, 0.15) is 0 Å². The molecule has 0 spiro atoms. The van der Waals surface area contributed by atoms with Crippen molar-refractivity contribution in [3.63, 3.8) is 0 Å². The third-order valence-electron chi connectivity index (χ3n) is 3.94. The fourth-order valence-electron chi connectivity index (χ4n) is 2.90. The van der Waals surface area contributed by atoms with Gasteiger partial charge in [0.2, 0.25) is 0 Å². The third-order valence-corrected chi connectivity index (χ3v) is 3.94. The van der Waals surface area contributed by atoms with Gasteiger partial charge in [-0.05, 0) is 25.0 Å². The second kappa shape index (κ2) is 5.53. The van der Waals surface area contributed by atoms with Gasteiger partial charge in [-0.2, -0.15) is 0 Å². The van der Waals surface area contributed by atoms with Crippen LogP contribution >= 0.6 is 0 Å². The van der Waals surface area contributed by atoms with Crippen LogP contribution in [0.4, 0.5) is 0 Å². The maximum absolute atomic E-state index is 10.3. The minimum absolute atomic E-state index is 0.151. The van der Waals surface area contributed by atoms with Crippen molar-refractivity contribution >= 4 is 0 Å². The van der Waals surface area contributed by atoms with Crippen molar-refractivity contribution in [1.82, 2.24) is 15.0 Å². The maximum Gasteiger partial charge on any atom is 0.0733 e. The quantitative estimate of drug-likeness (QED) is 0.841. The summed E-state index contributed by atoms with van der Waals surface area (Å²) in [5, 5.41) is 18.5. The summed E-state index contributed by atoms with van der Waals surface area (Å²) in [6.07, 6.45) is 6.91. The maximum atomic E-state index is 10.3. The van der Waals surface area contributed by atoms with E-state index in [1.54, 1.807) is 6.20 Å². The number of aliphatic hydroxyl groups excluding tert-OH is 1. The van der Waals surface area contributed by atoms with E-state index in [4.69, 9.17) is 0 Å². The van der Waals surface area contributed by atoms with E-state index >= 15 is 0 Å². The summed E-state index contributed by atoms with van der Waals surface area (Å²) in [7, 11) is 0. The lowest BCUT2D eigenvalue weighted by Gasteiger charge is -2.20. The molecule has 4 heteroatoms. The zero-order valence-corrected chi connectivity index (χ0v) is 10.9. The standard InChI is InChI=1S/C15H19N3O/c19-15-10-6-2-5-9-13(15)14-11-16-17-18(14)12-7-3-1-4-8-12/h1,3-4,7-8,11,13,15,19H,2,5-6,9-10H2. The molecule has 0 amide bonds. The predicted octanol–water partition coefficient (Wildman–Crippen LogP) is 2.68. The van der Waals surface area contributed by atoms with Crippen LogP contribution in [0.15, 0.2) is 36.5 Å². The average Bonchev–Trinajstić information content (AvgIpc) is 2.83. The molecule has 1 N–H and O–H groups in total. The monoisotopic (exact) mass is 257 g/mol. The van der Waals surface area contributed by atoms with Crippen LogP contribution in [0.25, 0.3) is 5.69 Å². The zero-order valence-electron chi connectivity index (χ0n) is 10.9. The Balaban J connectivity index is 1.95. The molecule has 1 aromatic heterocycles. The largest absolute Gasteiger partial charge is 0.392 e. The predicted molar refractivity (Wildman–Crippen MR) is 73.2 cm³/mol. The molecule has 3 rings (SSSR count). The zero-order chi connectivity index (χ0) is 13.1. The summed E-state index contributed by atoms with van der Waals surface area (Å²) >= 11 is 0. The van der Waals surface area contributed by atoms with Crippen LogP contribution in [0.1, 0.15) is 43.7 Å². The number of para-hydroxylation sites is 1. The van der Waals surface area contributed by atoms with Gasteiger partial charge in [0.15, 0.2) is 0 Å². The summed E-state index contributed by atoms with van der Waals surface area (Å²) < 4.78 is 1.86. The third kappa shape index (κ3) is 2.54. The van der Waals surface area contributed by atoms with Gasteiger partial charge in [0, 0.05) is 5.92 Å². The molecule has 1 aliphatic carbocycles. The molecule has 100 valence electrons. The Morgan fingerprint density at radius 3 is 2.68 bits per heavy atom. The van der Waals surface area contributed by atoms with Gasteiger partial charge in [-0.3, -0.25) is 0 Å². The van der Waals surface area contributed by atoms with E-state index in [9.17, 15) is 5.11 Å². The molecule has 2 aromatic rings. The highest BCUT2D eigenvalue weighted by Gasteiger charge is 2.26. The van der Waals surface area contributed by atoms with Crippen LogP contribution in [-0.4, -0.2) is 26.2 Å². The molecule has 4 nitrogen and oxygen atoms in total. The van der Waals surface area contributed by atoms with Crippen LogP contribution in [-0.2, 0) is 0 Å². The molecular formula is C15H19N3O. The minimum atomic E-state index is -0.275. The van der Waals surface area contributed by atoms with Crippen LogP contribution in [0.3, 0.4) is 0 Å². The average molecular weight is 257 g/mol. The number of aliphatic hydroxyl groups is 1. The molecule has 1 saturated carbocycles. The van der Waals surface area contributed by atoms with Gasteiger partial charge in [0.25, 0.3) is 0 Å². The second-order valence-corrected chi connectivity index (χ2v) is 5.22. The molecule has 19 heavy (non-hydrogen) atoms. The number of rotatable bonds is 2. The fourth-order valence-corrected chi connectivity index (χ4v) is 2.90. The van der Waals surface area contributed by atoms with Crippen LogP contribution < -0.4 is 0 Å². The van der Waals surface area contributed by atoms with Crippen LogP contribution in [0.2, 0.25) is 0 Å². The first kappa shape index (κ1) is 12.4. The van der Waals surface area contributed by atoms with E-state index in [2.05, 4.69) is 10.3 Å². The van der Waals surface area contributed by atoms with Crippen molar-refractivity contribution in [2.24, 2.45) is 0 Å². The lowest BCUT2D eigenvalue weighted by Crippen LogP contribution is -2.20. The molecule has 1 aliphatic rings. The summed E-state index contributed by atoms with van der Waals surface area (Å²) in [5.74, 6) is 0.151. The molecule has 1 heterocycles. The molecule has 0 aliphatic heterocycles. The Morgan fingerprint density at radius 1 is 1.05 bits per heavy atom. The Bertz CT molecular complexity index is 523. The van der Waals surface area contributed by atoms with Crippen molar-refractivity contribution in [2.75, 3.05) is 0 Å². The van der Waals surface area contributed by atoms with Crippen molar-refractivity contribution in [3.05, 3.63) is 42.2 Å². The first-order valence-electron chi connectivity index (χ1n) is 7.00. The van der Waals surface area contributed by atoms with E-state index in [0.29, 0.717) is 0 Å². The van der Waals surface area contributed by atoms with Crippen molar-refractivity contribution in [2.45, 2.75) is 44.1 Å². The number of aromatic nitrogens is 3. The molecule has 1 aromatic carbocycles. The van der Waals surface area contributed by atoms with Gasteiger partial charge >= 0.3 is 0 Å². The molecule has 0 radical (unpaired) electrons. The highest BCUT2D eigenvalue weighted by atomic mass is 16.3. The first-order valence-corrected chi connectivity index (χ1v) is 7.00. The van der Waals surface area contributed by atoms with Crippen LogP contribution in [0.5, 0.6) is 0 Å². The molecule has 0 saturated heterocycles. The number of hydrogen-bond donors (Lipinski definition) is 1. The van der Waals surface area contributed by atoms with Crippen molar-refractivity contribution < 1.29 is 5.11 Å². The van der Waals surface area contributed by atoms with E-state index in [-0.39, 0.29) is 12.0 Å². The topological polar surface area (TPSA) is 50.9 Å². The number of benzene rings is 1. The highest BCUT2D eigenvalue weighted by Crippen LogP contribution is 2.32. The second-order valence-electron chi connectivity index (χ2n) is 5.22. The Kier molecular flexibility index (Phi) is 3.60. The molecule has 1 fully saturated rings. The summed E-state index contributed by atoms with van der Waals surface area (Å²) in [6.45, 7) is 0. The lowest BCUT2D eigenvalue weighted by atomic mass is 9.94. The van der Waals surface area contributed by atoms with Gasteiger partial charge in [-0.25, -0.2) is 4.68 Å². The SMILES string of the molecule is OC1CCCCCC1c1cnnn1-c1ccccc1. The van der Waals surface area contributed by atoms with E-state index in [1.807, 2.05) is 35.0 Å². The molecule has 2 atom stereocenters. The van der Waals surface area contributed by atoms with E-state index in [1.165, 1.54) is 12.8 Å². The summed E-state index contributed by atoms with van der Waals surface area (Å²) in [5.41, 5.74) is 2.03. The van der Waals surface area contributed by atoms with Gasteiger partial charge < -0.3 is 5.11 Å². The van der Waals surface area contributed by atoms with Gasteiger partial charge in [-0.1, -0.05) is 42.7 Å². The Morgan fingerprint density at radius 2 is 1.84 bits per heavy atom. The van der Waals surface area contributed by atoms with Crippen LogP contribution in [0, 0.1) is 0 Å². The minimum Gasteiger partial charge on any atom is -0.392 e. The highest BCUT2D eigenvalue weighted by molar-refractivity contribution is 5.32. The molecular weight excluding hydrogens is 238 g/mol. The van der Waals surface area contributed by atoms with Gasteiger partial charge in [0.05, 0.1) is 23.7 Å². The smallest absolute Gasteiger partial charge is 0.0733 e. The Hall–Kier alpha value is -1.68. The lowest BCUT2D eigenvalue weighted by molar-refractivity contribution is 0.132. The Labute approximate surface area is 113 Å². The van der Waals surface area contributed by atoms with Crippen molar-refractivity contribution in [1.29, 1.82) is 0 Å². The number of nitrogens with zero attached hydrogens (tertiary/aromatic N) is 3. The van der Waals surface area contributed by atoms with Gasteiger partial charge in [-0.15, -0.1) is 5.10 Å². The normalized spacial score (nSPS) is 24.1. The summed E-state index contributed by atoms with van der Waals surface area (Å²) in [6, 6.07) is 10.00. The number of hydrogen-bond acceptors (Lipinski definition) is 3. The van der Waals surface area contributed by atoms with E-state index < -0.39 is 0 Å². The van der Waals surface area contributed by atoms with Crippen molar-refractivity contribution in [3.8, 4) is 5.69 Å². The molecule has 2 unspecified atom stereocenters.